The maximum absolute atomic E-state index is 5.58. The van der Waals surface area contributed by atoms with Gasteiger partial charge in [-0.3, -0.25) is 16.3 Å². The maximum Gasteiger partial charge on any atom is 0.0944 e. The van der Waals surface area contributed by atoms with Crippen LogP contribution in [0.2, 0.25) is 0 Å². The van der Waals surface area contributed by atoms with E-state index in [0.717, 1.165) is 26.1 Å². The highest BCUT2D eigenvalue weighted by molar-refractivity contribution is 9.11. The van der Waals surface area contributed by atoms with Gasteiger partial charge in [0.2, 0.25) is 0 Å². The highest BCUT2D eigenvalue weighted by Gasteiger charge is 2.16. The molecule has 1 atom stereocenters. The maximum atomic E-state index is 5.58. The Balaban J connectivity index is 2.23. The standard InChI is InChI=1S/C10H10Br2N4S/c11-6-3-7(12)10(15-5-6)8(16-13)4-9-14-1-2-17-9/h1-3,5,8,16H,4,13H2. The number of rotatable bonds is 4. The molecule has 1 unspecified atom stereocenters. The van der Waals surface area contributed by atoms with Gasteiger partial charge in [-0.2, -0.15) is 0 Å². The first kappa shape index (κ1) is 13.1. The van der Waals surface area contributed by atoms with Gasteiger partial charge >= 0.3 is 0 Å². The summed E-state index contributed by atoms with van der Waals surface area (Å²) in [5, 5.41) is 2.98. The van der Waals surface area contributed by atoms with Gasteiger partial charge in [-0.05, 0) is 37.9 Å². The molecule has 3 N–H and O–H groups in total. The predicted octanol–water partition coefficient (Wildman–Crippen LogP) is 2.81. The van der Waals surface area contributed by atoms with Gasteiger partial charge in [0.15, 0.2) is 0 Å². The third-order valence-corrected chi connectivity index (χ3v) is 4.10. The van der Waals surface area contributed by atoms with E-state index in [4.69, 9.17) is 5.84 Å². The summed E-state index contributed by atoms with van der Waals surface area (Å²) < 4.78 is 1.85. The monoisotopic (exact) mass is 376 g/mol. The van der Waals surface area contributed by atoms with Crippen LogP contribution in [0.1, 0.15) is 16.7 Å². The van der Waals surface area contributed by atoms with Crippen molar-refractivity contribution in [2.45, 2.75) is 12.5 Å². The molecule has 4 nitrogen and oxygen atoms in total. The second-order valence-electron chi connectivity index (χ2n) is 3.37. The van der Waals surface area contributed by atoms with E-state index < -0.39 is 0 Å². The first-order chi connectivity index (χ1) is 8.20. The van der Waals surface area contributed by atoms with Crippen LogP contribution in [0.25, 0.3) is 0 Å². The van der Waals surface area contributed by atoms with Crippen LogP contribution >= 0.6 is 43.2 Å². The normalized spacial score (nSPS) is 12.6. The largest absolute Gasteiger partial charge is 0.271 e. The summed E-state index contributed by atoms with van der Waals surface area (Å²) in [5.41, 5.74) is 3.66. The van der Waals surface area contributed by atoms with Crippen LogP contribution in [-0.2, 0) is 6.42 Å². The fourth-order valence-corrected chi connectivity index (χ4v) is 3.37. The lowest BCUT2D eigenvalue weighted by atomic mass is 10.1. The molecule has 0 aliphatic heterocycles. The van der Waals surface area contributed by atoms with Crippen molar-refractivity contribution in [1.29, 1.82) is 0 Å². The molecule has 2 aromatic heterocycles. The number of nitrogens with one attached hydrogen (secondary N) is 1. The smallest absolute Gasteiger partial charge is 0.0944 e. The minimum Gasteiger partial charge on any atom is -0.271 e. The Morgan fingerprint density at radius 1 is 1.41 bits per heavy atom. The summed E-state index contributed by atoms with van der Waals surface area (Å²) >= 11 is 8.47. The Kier molecular flexibility index (Phi) is 4.63. The van der Waals surface area contributed by atoms with Gasteiger partial charge < -0.3 is 0 Å². The number of nitrogens with two attached hydrogens (primary N) is 1. The van der Waals surface area contributed by atoms with Crippen molar-refractivity contribution >= 4 is 43.2 Å². The van der Waals surface area contributed by atoms with Crippen LogP contribution in [0, 0.1) is 0 Å². The second kappa shape index (κ2) is 6.01. The number of hydrogen-bond acceptors (Lipinski definition) is 5. The highest BCUT2D eigenvalue weighted by Crippen LogP contribution is 2.26. The molecule has 0 spiro atoms. The average Bonchev–Trinajstić information content (AvgIpc) is 2.79. The third-order valence-electron chi connectivity index (χ3n) is 2.23. The van der Waals surface area contributed by atoms with E-state index in [1.807, 2.05) is 11.4 Å². The predicted molar refractivity (Wildman–Crippen MR) is 75.5 cm³/mol. The minimum atomic E-state index is -0.0522. The zero-order chi connectivity index (χ0) is 12.3. The number of aromatic nitrogens is 2. The van der Waals surface area contributed by atoms with Crippen LogP contribution < -0.4 is 11.3 Å². The van der Waals surface area contributed by atoms with Crippen LogP contribution in [0.3, 0.4) is 0 Å². The highest BCUT2D eigenvalue weighted by atomic mass is 79.9. The number of nitrogens with zero attached hydrogens (tertiary/aromatic N) is 2. The minimum absolute atomic E-state index is 0.0522. The first-order valence-electron chi connectivity index (χ1n) is 4.86. The van der Waals surface area contributed by atoms with Crippen molar-refractivity contribution in [2.75, 3.05) is 0 Å². The fourth-order valence-electron chi connectivity index (χ4n) is 1.44. The van der Waals surface area contributed by atoms with Crippen molar-refractivity contribution in [3.63, 3.8) is 0 Å². The van der Waals surface area contributed by atoms with Gasteiger partial charge in [-0.25, -0.2) is 4.98 Å². The van der Waals surface area contributed by atoms with E-state index in [1.54, 1.807) is 23.7 Å². The third kappa shape index (κ3) is 3.32. The molecule has 0 amide bonds. The molecule has 0 fully saturated rings. The van der Waals surface area contributed by atoms with Crippen LogP contribution in [0.5, 0.6) is 0 Å². The van der Waals surface area contributed by atoms with Crippen molar-refractivity contribution in [2.24, 2.45) is 5.84 Å². The Morgan fingerprint density at radius 3 is 2.82 bits per heavy atom. The van der Waals surface area contributed by atoms with Crippen molar-refractivity contribution in [1.82, 2.24) is 15.4 Å². The van der Waals surface area contributed by atoms with Crippen LogP contribution in [0.15, 0.2) is 32.8 Å². The van der Waals surface area contributed by atoms with Gasteiger partial charge in [-0.15, -0.1) is 11.3 Å². The zero-order valence-electron chi connectivity index (χ0n) is 8.73. The summed E-state index contributed by atoms with van der Waals surface area (Å²) in [6.45, 7) is 0. The Labute approximate surface area is 120 Å². The molecule has 0 saturated carbocycles. The Bertz CT molecular complexity index is 489. The quantitative estimate of drug-likeness (QED) is 0.635. The van der Waals surface area contributed by atoms with Gasteiger partial charge in [0.05, 0.1) is 16.7 Å². The van der Waals surface area contributed by atoms with E-state index in [-0.39, 0.29) is 6.04 Å². The number of thiazole rings is 1. The van der Waals surface area contributed by atoms with E-state index in [9.17, 15) is 0 Å². The molecule has 2 heterocycles. The number of pyridine rings is 1. The van der Waals surface area contributed by atoms with Gasteiger partial charge in [-0.1, -0.05) is 0 Å². The average molecular weight is 378 g/mol. The van der Waals surface area contributed by atoms with E-state index in [1.165, 1.54) is 0 Å². The SMILES string of the molecule is NNC(Cc1nccs1)c1ncc(Br)cc1Br. The van der Waals surface area contributed by atoms with Crippen LogP contribution in [0.4, 0.5) is 0 Å². The summed E-state index contributed by atoms with van der Waals surface area (Å²) in [4.78, 5) is 8.62. The molecular weight excluding hydrogens is 368 g/mol. The molecule has 7 heteroatoms. The number of hydrogen-bond donors (Lipinski definition) is 2. The molecule has 17 heavy (non-hydrogen) atoms. The zero-order valence-corrected chi connectivity index (χ0v) is 12.7. The molecule has 90 valence electrons. The Hall–Kier alpha value is -0.340. The van der Waals surface area contributed by atoms with Crippen LogP contribution in [-0.4, -0.2) is 9.97 Å². The van der Waals surface area contributed by atoms with E-state index in [0.29, 0.717) is 0 Å². The van der Waals surface area contributed by atoms with Crippen molar-refractivity contribution in [3.05, 3.63) is 43.5 Å². The molecule has 0 bridgehead atoms. The lowest BCUT2D eigenvalue weighted by Crippen LogP contribution is -2.30. The first-order valence-corrected chi connectivity index (χ1v) is 7.32. The second-order valence-corrected chi connectivity index (χ2v) is 6.12. The summed E-state index contributed by atoms with van der Waals surface area (Å²) in [5.74, 6) is 5.58. The van der Waals surface area contributed by atoms with Gasteiger partial charge in [0, 0.05) is 33.1 Å². The molecule has 2 rings (SSSR count). The summed E-state index contributed by atoms with van der Waals surface area (Å²) in [7, 11) is 0. The molecule has 0 aliphatic carbocycles. The number of halogens is 2. The molecule has 0 aromatic carbocycles. The fraction of sp³-hybridized carbons (Fsp3) is 0.200. The van der Waals surface area contributed by atoms with Crippen molar-refractivity contribution < 1.29 is 0 Å². The van der Waals surface area contributed by atoms with Gasteiger partial charge in [0.1, 0.15) is 0 Å². The molecule has 2 aromatic rings. The van der Waals surface area contributed by atoms with E-state index in [2.05, 4.69) is 47.3 Å². The van der Waals surface area contributed by atoms with Crippen molar-refractivity contribution in [3.8, 4) is 0 Å². The molecule has 0 aliphatic rings. The Morgan fingerprint density at radius 2 is 2.24 bits per heavy atom. The topological polar surface area (TPSA) is 63.8 Å². The number of hydrazine groups is 1. The molecule has 0 saturated heterocycles. The summed E-state index contributed by atoms with van der Waals surface area (Å²) in [6, 6.07) is 1.90. The van der Waals surface area contributed by atoms with Gasteiger partial charge in [0.25, 0.3) is 0 Å². The molecular formula is C10H10Br2N4S. The van der Waals surface area contributed by atoms with E-state index >= 15 is 0 Å². The molecule has 0 radical (unpaired) electrons. The lowest BCUT2D eigenvalue weighted by molar-refractivity contribution is 0.535. The lowest BCUT2D eigenvalue weighted by Gasteiger charge is -2.15. The summed E-state index contributed by atoms with van der Waals surface area (Å²) in [6.07, 6.45) is 4.27.